The molecule has 1 aromatic carbocycles. The lowest BCUT2D eigenvalue weighted by Gasteiger charge is -2.17. The van der Waals surface area contributed by atoms with Crippen molar-refractivity contribution in [2.24, 2.45) is 0 Å². The summed E-state index contributed by atoms with van der Waals surface area (Å²) >= 11 is 0. The number of hydrogen-bond donors (Lipinski definition) is 2. The molecule has 0 fully saturated rings. The van der Waals surface area contributed by atoms with E-state index in [0.717, 1.165) is 17.1 Å². The molecule has 7 heteroatoms. The number of amides is 1. The third-order valence-electron chi connectivity index (χ3n) is 4.89. The number of nitrogens with two attached hydrogens (primary N) is 1. The number of rotatable bonds is 6. The first-order valence-electron chi connectivity index (χ1n) is 9.16. The molecule has 0 bridgehead atoms. The molecule has 28 heavy (non-hydrogen) atoms. The Balaban J connectivity index is 1.61. The smallest absolute Gasteiger partial charge is 0.253 e. The topological polar surface area (TPSA) is 104 Å². The van der Waals surface area contributed by atoms with E-state index in [1.54, 1.807) is 11.9 Å². The van der Waals surface area contributed by atoms with E-state index in [1.165, 1.54) is 0 Å². The van der Waals surface area contributed by atoms with Crippen LogP contribution in [0.4, 0.5) is 5.82 Å². The van der Waals surface area contributed by atoms with Gasteiger partial charge in [-0.1, -0.05) is 0 Å². The Kier molecular flexibility index (Phi) is 5.50. The summed E-state index contributed by atoms with van der Waals surface area (Å²) in [6, 6.07) is 13.9. The first-order chi connectivity index (χ1) is 13.4. The maximum Gasteiger partial charge on any atom is 0.253 e. The predicted molar refractivity (Wildman–Crippen MR) is 108 cm³/mol. The molecule has 0 aliphatic heterocycles. The van der Waals surface area contributed by atoms with Gasteiger partial charge in [-0.05, 0) is 63.1 Å². The first kappa shape index (κ1) is 19.2. The molecular weight excluding hydrogens is 352 g/mol. The van der Waals surface area contributed by atoms with Crippen LogP contribution in [0.2, 0.25) is 0 Å². The van der Waals surface area contributed by atoms with Gasteiger partial charge in [-0.3, -0.25) is 9.89 Å². The monoisotopic (exact) mass is 376 g/mol. The molecule has 144 valence electrons. The fourth-order valence-electron chi connectivity index (χ4n) is 3.34. The third-order valence-corrected chi connectivity index (χ3v) is 4.89. The normalized spacial score (nSPS) is 10.6. The molecule has 0 saturated heterocycles. The summed E-state index contributed by atoms with van der Waals surface area (Å²) in [7, 11) is 1.78. The SMILES string of the molecule is Cc1ccc(C)n1-c1ccc(C(=O)N(C)CCCc2[nH]nc(N)c2C#N)cc1. The van der Waals surface area contributed by atoms with Gasteiger partial charge in [-0.2, -0.15) is 10.4 Å². The molecular formula is C21H24N6O. The van der Waals surface area contributed by atoms with E-state index >= 15 is 0 Å². The van der Waals surface area contributed by atoms with Gasteiger partial charge in [-0.25, -0.2) is 0 Å². The minimum atomic E-state index is -0.0304. The summed E-state index contributed by atoms with van der Waals surface area (Å²) in [4.78, 5) is 14.4. The van der Waals surface area contributed by atoms with Crippen LogP contribution in [0.15, 0.2) is 36.4 Å². The van der Waals surface area contributed by atoms with Crippen LogP contribution < -0.4 is 5.73 Å². The molecule has 2 aromatic heterocycles. The summed E-state index contributed by atoms with van der Waals surface area (Å²) in [6.07, 6.45) is 1.31. The molecule has 3 rings (SSSR count). The number of aryl methyl sites for hydroxylation is 3. The maximum atomic E-state index is 12.7. The van der Waals surface area contributed by atoms with Gasteiger partial charge in [0.15, 0.2) is 5.82 Å². The molecule has 7 nitrogen and oxygen atoms in total. The van der Waals surface area contributed by atoms with Crippen LogP contribution >= 0.6 is 0 Å². The van der Waals surface area contributed by atoms with Crippen LogP contribution in [0.3, 0.4) is 0 Å². The van der Waals surface area contributed by atoms with Crippen molar-refractivity contribution in [2.45, 2.75) is 26.7 Å². The minimum absolute atomic E-state index is 0.0304. The second-order valence-electron chi connectivity index (χ2n) is 6.90. The quantitative estimate of drug-likeness (QED) is 0.690. The van der Waals surface area contributed by atoms with E-state index in [2.05, 4.69) is 46.8 Å². The van der Waals surface area contributed by atoms with E-state index in [1.807, 2.05) is 24.3 Å². The number of hydrogen-bond acceptors (Lipinski definition) is 4. The van der Waals surface area contributed by atoms with Crippen molar-refractivity contribution in [1.29, 1.82) is 5.26 Å². The van der Waals surface area contributed by atoms with E-state index in [4.69, 9.17) is 11.0 Å². The Labute approximate surface area is 164 Å². The van der Waals surface area contributed by atoms with Gasteiger partial charge in [0.25, 0.3) is 5.91 Å². The zero-order valence-electron chi connectivity index (χ0n) is 16.4. The number of H-pyrrole nitrogens is 1. The fraction of sp³-hybridized carbons (Fsp3) is 0.286. The van der Waals surface area contributed by atoms with Crippen molar-refractivity contribution in [3.63, 3.8) is 0 Å². The lowest BCUT2D eigenvalue weighted by Crippen LogP contribution is -2.28. The Hall–Kier alpha value is -3.53. The molecule has 0 saturated carbocycles. The second-order valence-corrected chi connectivity index (χ2v) is 6.90. The average molecular weight is 376 g/mol. The number of nitrogens with zero attached hydrogens (tertiary/aromatic N) is 4. The van der Waals surface area contributed by atoms with E-state index in [-0.39, 0.29) is 11.7 Å². The Morgan fingerprint density at radius 2 is 1.86 bits per heavy atom. The Morgan fingerprint density at radius 3 is 2.46 bits per heavy atom. The lowest BCUT2D eigenvalue weighted by atomic mass is 10.1. The second kappa shape index (κ2) is 8.01. The highest BCUT2D eigenvalue weighted by molar-refractivity contribution is 5.94. The fourth-order valence-corrected chi connectivity index (χ4v) is 3.34. The van der Waals surface area contributed by atoms with Crippen molar-refractivity contribution in [2.75, 3.05) is 19.3 Å². The summed E-state index contributed by atoms with van der Waals surface area (Å²) in [5, 5.41) is 15.7. The maximum absolute atomic E-state index is 12.7. The zero-order chi connectivity index (χ0) is 20.3. The molecule has 3 aromatic rings. The van der Waals surface area contributed by atoms with Crippen LogP contribution in [-0.4, -0.2) is 39.2 Å². The number of anilines is 1. The zero-order valence-corrected chi connectivity index (χ0v) is 16.4. The van der Waals surface area contributed by atoms with Gasteiger partial charge < -0.3 is 15.2 Å². The highest BCUT2D eigenvalue weighted by Crippen LogP contribution is 2.18. The highest BCUT2D eigenvalue weighted by Gasteiger charge is 2.14. The molecule has 0 atom stereocenters. The largest absolute Gasteiger partial charge is 0.381 e. The van der Waals surface area contributed by atoms with Gasteiger partial charge in [0.1, 0.15) is 11.6 Å². The number of aromatic amines is 1. The van der Waals surface area contributed by atoms with Crippen LogP contribution in [0, 0.1) is 25.2 Å². The van der Waals surface area contributed by atoms with Crippen molar-refractivity contribution >= 4 is 11.7 Å². The summed E-state index contributed by atoms with van der Waals surface area (Å²) < 4.78 is 2.15. The van der Waals surface area contributed by atoms with Crippen LogP contribution in [0.25, 0.3) is 5.69 Å². The van der Waals surface area contributed by atoms with E-state index < -0.39 is 0 Å². The highest BCUT2D eigenvalue weighted by atomic mass is 16.2. The number of nitrogen functional groups attached to an aromatic ring is 1. The molecule has 0 unspecified atom stereocenters. The number of nitrogens with one attached hydrogen (secondary N) is 1. The molecule has 1 amide bonds. The van der Waals surface area contributed by atoms with Gasteiger partial charge in [-0.15, -0.1) is 0 Å². The summed E-state index contributed by atoms with van der Waals surface area (Å²) in [5.74, 6) is 0.187. The summed E-state index contributed by atoms with van der Waals surface area (Å²) in [5.41, 5.74) is 10.7. The predicted octanol–water partition coefficient (Wildman–Crippen LogP) is 2.98. The molecule has 0 radical (unpaired) electrons. The van der Waals surface area contributed by atoms with Gasteiger partial charge in [0.2, 0.25) is 0 Å². The molecule has 0 aliphatic carbocycles. The van der Waals surface area contributed by atoms with Gasteiger partial charge in [0.05, 0.1) is 5.69 Å². The lowest BCUT2D eigenvalue weighted by molar-refractivity contribution is 0.0793. The number of carbonyl (C=O) groups excluding carboxylic acids is 1. The Bertz CT molecular complexity index is 1000. The molecule has 0 spiro atoms. The van der Waals surface area contributed by atoms with Gasteiger partial charge in [0, 0.05) is 36.2 Å². The molecule has 2 heterocycles. The Morgan fingerprint density at radius 1 is 1.21 bits per heavy atom. The number of benzene rings is 1. The van der Waals surface area contributed by atoms with E-state index in [0.29, 0.717) is 36.2 Å². The minimum Gasteiger partial charge on any atom is -0.381 e. The van der Waals surface area contributed by atoms with Crippen LogP contribution in [0.1, 0.15) is 39.4 Å². The standard InChI is InChI=1S/C21H24N6O/c1-14-6-7-15(2)27(14)17-10-8-16(9-11-17)21(28)26(3)12-4-5-19-18(13-22)20(23)25-24-19/h6-11H,4-5,12H2,1-3H3,(H3,23,24,25). The molecule has 0 aliphatic rings. The molecule has 3 N–H and O–H groups in total. The van der Waals surface area contributed by atoms with Crippen molar-refractivity contribution in [3.8, 4) is 11.8 Å². The van der Waals surface area contributed by atoms with Crippen molar-refractivity contribution < 1.29 is 4.79 Å². The number of carbonyl (C=O) groups is 1. The first-order valence-corrected chi connectivity index (χ1v) is 9.16. The number of aromatic nitrogens is 3. The van der Waals surface area contributed by atoms with Crippen molar-refractivity contribution in [3.05, 3.63) is 64.6 Å². The summed E-state index contributed by atoms with van der Waals surface area (Å²) in [6.45, 7) is 4.69. The third kappa shape index (κ3) is 3.76. The van der Waals surface area contributed by atoms with Crippen molar-refractivity contribution in [1.82, 2.24) is 19.7 Å². The average Bonchev–Trinajstić information content (AvgIpc) is 3.22. The van der Waals surface area contributed by atoms with E-state index in [9.17, 15) is 4.79 Å². The number of nitriles is 1. The van der Waals surface area contributed by atoms with Gasteiger partial charge >= 0.3 is 0 Å². The van der Waals surface area contributed by atoms with Crippen LogP contribution in [0.5, 0.6) is 0 Å². The van der Waals surface area contributed by atoms with Crippen LogP contribution in [-0.2, 0) is 6.42 Å².